The highest BCUT2D eigenvalue weighted by atomic mass is 32.1. The summed E-state index contributed by atoms with van der Waals surface area (Å²) in [6, 6.07) is 21.7. The summed E-state index contributed by atoms with van der Waals surface area (Å²) in [5.74, 6) is -0.266. The molecule has 1 atom stereocenters. The number of anilines is 1. The van der Waals surface area contributed by atoms with Gasteiger partial charge in [0.25, 0.3) is 5.91 Å². The number of nitrogens with zero attached hydrogens (tertiary/aromatic N) is 1. The molecule has 0 aliphatic carbocycles. The summed E-state index contributed by atoms with van der Waals surface area (Å²) >= 11 is 1.74. The van der Waals surface area contributed by atoms with Gasteiger partial charge in [0, 0.05) is 17.5 Å². The normalized spacial score (nSPS) is 16.2. The molecule has 1 aliphatic heterocycles. The number of hydrogen-bond donors (Lipinski definition) is 2. The molecule has 2 N–H and O–H groups in total. The summed E-state index contributed by atoms with van der Waals surface area (Å²) in [7, 11) is 0. The molecular weight excluding hydrogens is 406 g/mol. The lowest BCUT2D eigenvalue weighted by Crippen LogP contribution is -2.33. The Morgan fingerprint density at radius 2 is 1.81 bits per heavy atom. The van der Waals surface area contributed by atoms with Crippen LogP contribution in [-0.2, 0) is 11.2 Å². The van der Waals surface area contributed by atoms with Crippen molar-refractivity contribution in [2.75, 3.05) is 25.0 Å². The fourth-order valence-electron chi connectivity index (χ4n) is 4.04. The predicted molar refractivity (Wildman–Crippen MR) is 125 cm³/mol. The molecule has 5 nitrogen and oxygen atoms in total. The number of rotatable bonds is 8. The maximum atomic E-state index is 12.8. The molecule has 0 spiro atoms. The smallest absolute Gasteiger partial charge is 0.253 e. The summed E-state index contributed by atoms with van der Waals surface area (Å²) in [4.78, 5) is 29.0. The van der Waals surface area contributed by atoms with Crippen LogP contribution < -0.4 is 10.6 Å². The minimum Gasteiger partial charge on any atom is -0.352 e. The predicted octanol–water partition coefficient (Wildman–Crippen LogP) is 4.50. The Morgan fingerprint density at radius 1 is 1.00 bits per heavy atom. The molecule has 3 aromatic rings. The molecule has 0 unspecified atom stereocenters. The second-order valence-electron chi connectivity index (χ2n) is 7.73. The Kier molecular flexibility index (Phi) is 7.12. The molecule has 1 saturated heterocycles. The molecule has 0 bridgehead atoms. The lowest BCUT2D eigenvalue weighted by molar-refractivity contribution is -0.117. The molecule has 2 aromatic carbocycles. The van der Waals surface area contributed by atoms with E-state index in [4.69, 9.17) is 0 Å². The van der Waals surface area contributed by atoms with Gasteiger partial charge in [0.05, 0.1) is 17.8 Å². The second-order valence-corrected chi connectivity index (χ2v) is 8.71. The summed E-state index contributed by atoms with van der Waals surface area (Å²) in [5.41, 5.74) is 2.21. The van der Waals surface area contributed by atoms with E-state index in [0.29, 0.717) is 30.4 Å². The van der Waals surface area contributed by atoms with Crippen LogP contribution >= 0.6 is 11.3 Å². The van der Waals surface area contributed by atoms with E-state index in [1.165, 1.54) is 10.4 Å². The zero-order chi connectivity index (χ0) is 21.5. The highest BCUT2D eigenvalue weighted by molar-refractivity contribution is 7.10. The van der Waals surface area contributed by atoms with E-state index in [0.717, 1.165) is 25.8 Å². The topological polar surface area (TPSA) is 61.4 Å². The molecule has 0 radical (unpaired) electrons. The van der Waals surface area contributed by atoms with E-state index in [2.05, 4.69) is 33.0 Å². The molecule has 1 aromatic heterocycles. The van der Waals surface area contributed by atoms with Crippen LogP contribution in [0.3, 0.4) is 0 Å². The highest BCUT2D eigenvalue weighted by Crippen LogP contribution is 2.34. The maximum Gasteiger partial charge on any atom is 0.253 e. The van der Waals surface area contributed by atoms with Gasteiger partial charge >= 0.3 is 0 Å². The Balaban J connectivity index is 1.34. The van der Waals surface area contributed by atoms with Crippen molar-refractivity contribution in [2.24, 2.45) is 0 Å². The standard InChI is InChI=1S/C25H27N3O2S/c29-24(18-28-16-6-12-22(28)23-13-7-17-31-23)27-21-11-5-4-10-20(21)25(30)26-15-14-19-8-2-1-3-9-19/h1-5,7-11,13,17,22H,6,12,14-16,18H2,(H,26,30)(H,27,29)/t22-/m0/s1. The molecule has 31 heavy (non-hydrogen) atoms. The Hall–Kier alpha value is -2.96. The lowest BCUT2D eigenvalue weighted by Gasteiger charge is -2.23. The van der Waals surface area contributed by atoms with E-state index in [9.17, 15) is 9.59 Å². The summed E-state index contributed by atoms with van der Waals surface area (Å²) < 4.78 is 0. The van der Waals surface area contributed by atoms with E-state index in [1.54, 1.807) is 23.5 Å². The van der Waals surface area contributed by atoms with E-state index >= 15 is 0 Å². The van der Waals surface area contributed by atoms with Gasteiger partial charge < -0.3 is 10.6 Å². The maximum absolute atomic E-state index is 12.8. The Bertz CT molecular complexity index is 1000. The average Bonchev–Trinajstić information content (AvgIpc) is 3.46. The van der Waals surface area contributed by atoms with Gasteiger partial charge in [0.1, 0.15) is 0 Å². The third kappa shape index (κ3) is 5.60. The van der Waals surface area contributed by atoms with Crippen molar-refractivity contribution < 1.29 is 9.59 Å². The van der Waals surface area contributed by atoms with Crippen molar-refractivity contribution in [1.29, 1.82) is 0 Å². The van der Waals surface area contributed by atoms with Gasteiger partial charge in [-0.25, -0.2) is 0 Å². The number of nitrogens with one attached hydrogen (secondary N) is 2. The third-order valence-corrected chi connectivity index (χ3v) is 6.54. The first-order valence-electron chi connectivity index (χ1n) is 10.7. The summed E-state index contributed by atoms with van der Waals surface area (Å²) in [6.07, 6.45) is 2.94. The molecule has 0 saturated carbocycles. The molecule has 160 valence electrons. The van der Waals surface area contributed by atoms with Crippen LogP contribution in [0.1, 0.15) is 39.7 Å². The third-order valence-electron chi connectivity index (χ3n) is 5.57. The van der Waals surface area contributed by atoms with Gasteiger partial charge in [-0.1, -0.05) is 48.5 Å². The number of carbonyl (C=O) groups is 2. The minimum atomic E-state index is -0.176. The number of benzene rings is 2. The summed E-state index contributed by atoms with van der Waals surface area (Å²) in [5, 5.41) is 8.00. The van der Waals surface area contributed by atoms with Crippen LogP contribution in [0.5, 0.6) is 0 Å². The van der Waals surface area contributed by atoms with Crippen molar-refractivity contribution in [3.63, 3.8) is 0 Å². The van der Waals surface area contributed by atoms with Gasteiger partial charge in [0.2, 0.25) is 5.91 Å². The lowest BCUT2D eigenvalue weighted by atomic mass is 10.1. The first kappa shape index (κ1) is 21.3. The average molecular weight is 434 g/mol. The van der Waals surface area contributed by atoms with Gasteiger partial charge in [-0.2, -0.15) is 0 Å². The number of amides is 2. The number of likely N-dealkylation sites (tertiary alicyclic amines) is 1. The van der Waals surface area contributed by atoms with Gasteiger partial charge in [-0.3, -0.25) is 14.5 Å². The zero-order valence-corrected chi connectivity index (χ0v) is 18.2. The van der Waals surface area contributed by atoms with Crippen molar-refractivity contribution in [3.8, 4) is 0 Å². The molecule has 1 fully saturated rings. The van der Waals surface area contributed by atoms with Crippen molar-refractivity contribution >= 4 is 28.8 Å². The summed E-state index contributed by atoms with van der Waals surface area (Å²) in [6.45, 7) is 1.78. The molecule has 4 rings (SSSR count). The Morgan fingerprint density at radius 3 is 2.61 bits per heavy atom. The number of carbonyl (C=O) groups excluding carboxylic acids is 2. The SMILES string of the molecule is O=C(CN1CCC[C@H]1c1cccs1)Nc1ccccc1C(=O)NCCc1ccccc1. The van der Waals surface area contributed by atoms with Crippen molar-refractivity contribution in [1.82, 2.24) is 10.2 Å². The molecule has 2 heterocycles. The molecular formula is C25H27N3O2S. The van der Waals surface area contributed by atoms with Crippen LogP contribution in [-0.4, -0.2) is 36.3 Å². The van der Waals surface area contributed by atoms with Crippen molar-refractivity contribution in [3.05, 3.63) is 88.1 Å². The van der Waals surface area contributed by atoms with Crippen molar-refractivity contribution in [2.45, 2.75) is 25.3 Å². The molecule has 6 heteroatoms. The minimum absolute atomic E-state index is 0.0898. The number of thiophene rings is 1. The van der Waals surface area contributed by atoms with Gasteiger partial charge in [-0.15, -0.1) is 11.3 Å². The molecule has 2 amide bonds. The first-order chi connectivity index (χ1) is 15.2. The van der Waals surface area contributed by atoms with Crippen LogP contribution in [0.15, 0.2) is 72.1 Å². The van der Waals surface area contributed by atoms with E-state index in [1.807, 2.05) is 42.5 Å². The van der Waals surface area contributed by atoms with E-state index < -0.39 is 0 Å². The number of para-hydroxylation sites is 1. The van der Waals surface area contributed by atoms with Crippen LogP contribution in [0.2, 0.25) is 0 Å². The van der Waals surface area contributed by atoms with Gasteiger partial charge in [0.15, 0.2) is 0 Å². The van der Waals surface area contributed by atoms with Crippen LogP contribution in [0.4, 0.5) is 5.69 Å². The largest absolute Gasteiger partial charge is 0.352 e. The Labute approximate surface area is 187 Å². The monoisotopic (exact) mass is 433 g/mol. The van der Waals surface area contributed by atoms with Gasteiger partial charge in [-0.05, 0) is 54.9 Å². The van der Waals surface area contributed by atoms with Crippen LogP contribution in [0, 0.1) is 0 Å². The van der Waals surface area contributed by atoms with E-state index in [-0.39, 0.29) is 11.8 Å². The fourth-order valence-corrected chi connectivity index (χ4v) is 4.94. The highest BCUT2D eigenvalue weighted by Gasteiger charge is 2.28. The first-order valence-corrected chi connectivity index (χ1v) is 11.6. The fraction of sp³-hybridized carbons (Fsp3) is 0.280. The zero-order valence-electron chi connectivity index (χ0n) is 17.4. The second kappa shape index (κ2) is 10.4. The van der Waals surface area contributed by atoms with Crippen LogP contribution in [0.25, 0.3) is 0 Å². The quantitative estimate of drug-likeness (QED) is 0.550. The molecule has 1 aliphatic rings. The number of hydrogen-bond acceptors (Lipinski definition) is 4.